The molecule has 1 aliphatic rings. The first kappa shape index (κ1) is 13.6. The summed E-state index contributed by atoms with van der Waals surface area (Å²) in [6.07, 6.45) is 6.84. The van der Waals surface area contributed by atoms with Gasteiger partial charge in [-0.05, 0) is 12.8 Å². The van der Waals surface area contributed by atoms with Gasteiger partial charge in [-0.1, -0.05) is 5.92 Å². The Bertz CT molecular complexity index is 789. The molecule has 1 fully saturated rings. The summed E-state index contributed by atoms with van der Waals surface area (Å²) in [5.74, 6) is 2.49. The van der Waals surface area contributed by atoms with Crippen molar-refractivity contribution >= 4 is 17.1 Å². The minimum Gasteiger partial charge on any atom is -0.395 e. The van der Waals surface area contributed by atoms with Crippen molar-refractivity contribution in [1.29, 1.82) is 0 Å². The van der Waals surface area contributed by atoms with Crippen molar-refractivity contribution < 1.29 is 10.2 Å². The van der Waals surface area contributed by atoms with Crippen LogP contribution in [0.1, 0.15) is 18.9 Å². The normalized spacial score (nSPS) is 28.8. The summed E-state index contributed by atoms with van der Waals surface area (Å²) in [7, 11) is 0. The highest BCUT2D eigenvalue weighted by molar-refractivity contribution is 5.70. The molecule has 8 nitrogen and oxygen atoms in total. The topological polar surface area (TPSA) is 130 Å². The number of imidazole rings is 1. The van der Waals surface area contributed by atoms with Crippen molar-refractivity contribution in [3.8, 4) is 12.3 Å². The second kappa shape index (κ2) is 4.58. The van der Waals surface area contributed by atoms with Crippen LogP contribution in [0.2, 0.25) is 0 Å². The number of nitrogen functional groups attached to an aromatic ring is 1. The number of nitrogens with one attached hydrogen (secondary N) is 1. The first-order valence-electron chi connectivity index (χ1n) is 6.50. The second-order valence-corrected chi connectivity index (χ2v) is 5.34. The van der Waals surface area contributed by atoms with Gasteiger partial charge in [0.15, 0.2) is 11.2 Å². The van der Waals surface area contributed by atoms with E-state index in [9.17, 15) is 15.0 Å². The zero-order valence-electron chi connectivity index (χ0n) is 11.2. The number of fused-ring (bicyclic) bond motifs is 1. The SMILES string of the molecule is C#C[C@]1(CO)C[C@@H](n2cnc3c(=O)[nH]c(N)nc32)C[C@@H]1O. The van der Waals surface area contributed by atoms with Crippen molar-refractivity contribution in [1.82, 2.24) is 19.5 Å². The number of aliphatic hydroxyl groups is 2. The Hall–Kier alpha value is -2.37. The molecule has 5 N–H and O–H groups in total. The van der Waals surface area contributed by atoms with Gasteiger partial charge in [0.1, 0.15) is 0 Å². The van der Waals surface area contributed by atoms with Gasteiger partial charge in [0.25, 0.3) is 5.56 Å². The van der Waals surface area contributed by atoms with Crippen LogP contribution in [-0.4, -0.2) is 42.4 Å². The van der Waals surface area contributed by atoms with Crippen LogP contribution in [0.15, 0.2) is 11.1 Å². The Morgan fingerprint density at radius 2 is 2.43 bits per heavy atom. The largest absolute Gasteiger partial charge is 0.395 e. The van der Waals surface area contributed by atoms with Gasteiger partial charge in [-0.2, -0.15) is 4.98 Å². The van der Waals surface area contributed by atoms with Crippen LogP contribution in [0.5, 0.6) is 0 Å². The lowest BCUT2D eigenvalue weighted by Gasteiger charge is -2.23. The fraction of sp³-hybridized carbons (Fsp3) is 0.462. The van der Waals surface area contributed by atoms with Gasteiger partial charge in [-0.15, -0.1) is 6.42 Å². The molecule has 21 heavy (non-hydrogen) atoms. The number of nitrogens with zero attached hydrogens (tertiary/aromatic N) is 3. The summed E-state index contributed by atoms with van der Waals surface area (Å²) >= 11 is 0. The molecule has 2 aromatic rings. The number of aromatic amines is 1. The summed E-state index contributed by atoms with van der Waals surface area (Å²) in [5, 5.41) is 19.6. The second-order valence-electron chi connectivity index (χ2n) is 5.34. The van der Waals surface area contributed by atoms with Crippen LogP contribution >= 0.6 is 0 Å². The molecule has 3 rings (SSSR count). The fourth-order valence-corrected chi connectivity index (χ4v) is 2.92. The van der Waals surface area contributed by atoms with E-state index in [2.05, 4.69) is 20.9 Å². The molecule has 110 valence electrons. The number of H-pyrrole nitrogens is 1. The molecule has 0 radical (unpaired) electrons. The van der Waals surface area contributed by atoms with Crippen LogP contribution < -0.4 is 11.3 Å². The molecule has 0 aliphatic heterocycles. The van der Waals surface area contributed by atoms with Gasteiger partial charge < -0.3 is 20.5 Å². The molecule has 2 heterocycles. The number of aromatic nitrogens is 4. The molecule has 0 amide bonds. The van der Waals surface area contributed by atoms with Crippen molar-refractivity contribution in [3.05, 3.63) is 16.7 Å². The lowest BCUT2D eigenvalue weighted by atomic mass is 9.86. The maximum absolute atomic E-state index is 11.8. The van der Waals surface area contributed by atoms with Crippen molar-refractivity contribution in [2.24, 2.45) is 5.41 Å². The van der Waals surface area contributed by atoms with Gasteiger partial charge in [-0.3, -0.25) is 9.78 Å². The van der Waals surface area contributed by atoms with E-state index in [0.29, 0.717) is 18.5 Å². The van der Waals surface area contributed by atoms with Gasteiger partial charge in [-0.25, -0.2) is 4.98 Å². The summed E-state index contributed by atoms with van der Waals surface area (Å²) in [6, 6.07) is -0.207. The van der Waals surface area contributed by atoms with E-state index in [0.717, 1.165) is 0 Å². The highest BCUT2D eigenvalue weighted by Gasteiger charge is 2.46. The van der Waals surface area contributed by atoms with Crippen LogP contribution in [-0.2, 0) is 0 Å². The van der Waals surface area contributed by atoms with Crippen LogP contribution in [0.3, 0.4) is 0 Å². The Labute approximate surface area is 119 Å². The first-order chi connectivity index (χ1) is 10.0. The summed E-state index contributed by atoms with van der Waals surface area (Å²) in [5.41, 5.74) is 4.69. The van der Waals surface area contributed by atoms with E-state index in [1.807, 2.05) is 0 Å². The lowest BCUT2D eigenvalue weighted by Crippen LogP contribution is -2.31. The molecule has 0 aromatic carbocycles. The van der Waals surface area contributed by atoms with E-state index >= 15 is 0 Å². The number of hydrogen-bond acceptors (Lipinski definition) is 6. The van der Waals surface area contributed by atoms with E-state index < -0.39 is 17.1 Å². The number of nitrogens with two attached hydrogens (primary N) is 1. The minimum atomic E-state index is -0.978. The van der Waals surface area contributed by atoms with Crippen LogP contribution in [0.25, 0.3) is 11.2 Å². The van der Waals surface area contributed by atoms with Crippen LogP contribution in [0.4, 0.5) is 5.95 Å². The third-order valence-corrected chi connectivity index (χ3v) is 4.15. The van der Waals surface area contributed by atoms with Crippen molar-refractivity contribution in [2.45, 2.75) is 25.0 Å². The molecule has 0 unspecified atom stereocenters. The third kappa shape index (κ3) is 1.90. The number of rotatable bonds is 2. The van der Waals surface area contributed by atoms with E-state index in [-0.39, 0.29) is 24.1 Å². The maximum atomic E-state index is 11.8. The molecule has 1 aliphatic carbocycles. The molecule has 8 heteroatoms. The smallest absolute Gasteiger partial charge is 0.280 e. The molecule has 0 spiro atoms. The van der Waals surface area contributed by atoms with E-state index in [1.165, 1.54) is 6.33 Å². The highest BCUT2D eigenvalue weighted by atomic mass is 16.3. The first-order valence-corrected chi connectivity index (χ1v) is 6.50. The molecule has 3 atom stereocenters. The number of anilines is 1. The average molecular weight is 289 g/mol. The van der Waals surface area contributed by atoms with Gasteiger partial charge in [0.2, 0.25) is 5.95 Å². The summed E-state index contributed by atoms with van der Waals surface area (Å²) in [6.45, 7) is -0.302. The summed E-state index contributed by atoms with van der Waals surface area (Å²) < 4.78 is 1.68. The average Bonchev–Trinajstić information content (AvgIpc) is 3.00. The van der Waals surface area contributed by atoms with Gasteiger partial charge >= 0.3 is 0 Å². The molecular weight excluding hydrogens is 274 g/mol. The Balaban J connectivity index is 2.07. The zero-order chi connectivity index (χ0) is 15.2. The van der Waals surface area contributed by atoms with Crippen LogP contribution in [0, 0.1) is 17.8 Å². The standard InChI is InChI=1S/C13H15N5O3/c1-2-13(5-19)4-7(3-8(13)20)18-6-15-9-10(18)16-12(14)17-11(9)21/h1,6-8,19-20H,3-5H2,(H3,14,16,17,21)/t7-,8-,13+/m0/s1. The molecule has 1 saturated carbocycles. The Morgan fingerprint density at radius 1 is 1.67 bits per heavy atom. The zero-order valence-corrected chi connectivity index (χ0v) is 11.2. The number of hydrogen-bond donors (Lipinski definition) is 4. The Morgan fingerprint density at radius 3 is 3.05 bits per heavy atom. The highest BCUT2D eigenvalue weighted by Crippen LogP contribution is 2.44. The molecule has 0 bridgehead atoms. The predicted octanol–water partition coefficient (Wildman–Crippen LogP) is -0.990. The minimum absolute atomic E-state index is 0.00170. The van der Waals surface area contributed by atoms with Crippen molar-refractivity contribution in [2.75, 3.05) is 12.3 Å². The Kier molecular flexibility index (Phi) is 2.97. The maximum Gasteiger partial charge on any atom is 0.280 e. The summed E-state index contributed by atoms with van der Waals surface area (Å²) in [4.78, 5) is 22.3. The monoisotopic (exact) mass is 289 g/mol. The third-order valence-electron chi connectivity index (χ3n) is 4.15. The van der Waals surface area contributed by atoms with Gasteiger partial charge in [0.05, 0.1) is 24.5 Å². The fourth-order valence-electron chi connectivity index (χ4n) is 2.92. The molecule has 2 aromatic heterocycles. The van der Waals surface area contributed by atoms with E-state index in [1.54, 1.807) is 4.57 Å². The molecular formula is C13H15N5O3. The number of aliphatic hydroxyl groups excluding tert-OH is 2. The molecule has 0 saturated heterocycles. The predicted molar refractivity (Wildman–Crippen MR) is 75.2 cm³/mol. The van der Waals surface area contributed by atoms with E-state index in [4.69, 9.17) is 12.2 Å². The van der Waals surface area contributed by atoms with Crippen molar-refractivity contribution in [3.63, 3.8) is 0 Å². The van der Waals surface area contributed by atoms with Gasteiger partial charge in [0, 0.05) is 6.04 Å². The number of terminal acetylenes is 1. The quantitative estimate of drug-likeness (QED) is 0.525. The lowest BCUT2D eigenvalue weighted by molar-refractivity contribution is 0.0475.